The van der Waals surface area contributed by atoms with Crippen LogP contribution in [-0.4, -0.2) is 41.1 Å². The van der Waals surface area contributed by atoms with Crippen LogP contribution in [0.4, 0.5) is 0 Å². The lowest BCUT2D eigenvalue weighted by Gasteiger charge is -2.19. The maximum atomic E-state index is 12.3. The Morgan fingerprint density at radius 2 is 1.79 bits per heavy atom. The number of β-amino-alcohol motifs (C(OH)–C–C–N with tert-alkyl or cyclic N) is 1. The number of allylic oxidation sites excluding steroid dienone is 2. The van der Waals surface area contributed by atoms with Gasteiger partial charge in [0.2, 0.25) is 11.8 Å². The molecule has 1 aliphatic carbocycles. The molecule has 1 aliphatic heterocycles. The molecule has 0 radical (unpaired) electrons. The zero-order valence-corrected chi connectivity index (χ0v) is 14.0. The summed E-state index contributed by atoms with van der Waals surface area (Å²) in [5.41, 5.74) is 0.830. The van der Waals surface area contributed by atoms with Crippen molar-refractivity contribution in [3.8, 4) is 0 Å². The second-order valence-corrected chi connectivity index (χ2v) is 6.61. The Morgan fingerprint density at radius 3 is 2.42 bits per heavy atom. The third-order valence-electron chi connectivity index (χ3n) is 4.52. The molecule has 2 amide bonds. The smallest absolute Gasteiger partial charge is 0.233 e. The number of hydrogen-bond donors (Lipinski definition) is 1. The lowest BCUT2D eigenvalue weighted by molar-refractivity contribution is -0.142. The average molecular weight is 350 g/mol. The van der Waals surface area contributed by atoms with Crippen molar-refractivity contribution in [3.63, 3.8) is 0 Å². The molecule has 1 aromatic rings. The quantitative estimate of drug-likeness (QED) is 0.631. The van der Waals surface area contributed by atoms with Crippen LogP contribution in [0.5, 0.6) is 0 Å². The van der Waals surface area contributed by atoms with E-state index in [9.17, 15) is 14.7 Å². The highest BCUT2D eigenvalue weighted by Gasteiger charge is 2.47. The zero-order valence-electron chi connectivity index (χ0n) is 13.2. The third-order valence-corrected chi connectivity index (χ3v) is 4.89. The summed E-state index contributed by atoms with van der Waals surface area (Å²) in [4.78, 5) is 25.8. The summed E-state index contributed by atoms with van der Waals surface area (Å²) in [5, 5.41) is 10.7. The maximum Gasteiger partial charge on any atom is 0.233 e. The van der Waals surface area contributed by atoms with Crippen LogP contribution >= 0.6 is 11.6 Å². The number of carbonyl (C=O) groups excluding carboxylic acids is 2. The minimum Gasteiger partial charge on any atom is -0.389 e. The number of amides is 2. The van der Waals surface area contributed by atoms with Gasteiger partial charge in [-0.3, -0.25) is 14.5 Å². The minimum atomic E-state index is -0.909. The van der Waals surface area contributed by atoms with Gasteiger partial charge in [0.05, 0.1) is 37.7 Å². The van der Waals surface area contributed by atoms with Gasteiger partial charge >= 0.3 is 0 Å². The van der Waals surface area contributed by atoms with Crippen molar-refractivity contribution in [2.75, 3.05) is 13.2 Å². The number of imide groups is 1. The first-order valence-electron chi connectivity index (χ1n) is 8.07. The SMILES string of the molecule is O=C1[C@H]2CC=CC[C@@H]2C(=O)N1C[C@H](O)COCc1ccccc1Cl. The second kappa shape index (κ2) is 7.47. The van der Waals surface area contributed by atoms with Crippen molar-refractivity contribution in [3.05, 3.63) is 47.0 Å². The van der Waals surface area contributed by atoms with Crippen molar-refractivity contribution in [2.45, 2.75) is 25.6 Å². The van der Waals surface area contributed by atoms with Crippen molar-refractivity contribution in [2.24, 2.45) is 11.8 Å². The minimum absolute atomic E-state index is 0.0206. The number of rotatable bonds is 6. The highest BCUT2D eigenvalue weighted by molar-refractivity contribution is 6.31. The summed E-state index contributed by atoms with van der Waals surface area (Å²) in [6.07, 6.45) is 4.18. The molecule has 0 unspecified atom stereocenters. The molecule has 1 fully saturated rings. The summed E-state index contributed by atoms with van der Waals surface area (Å²) in [6.45, 7) is 0.289. The Morgan fingerprint density at radius 1 is 1.17 bits per heavy atom. The van der Waals surface area contributed by atoms with E-state index in [4.69, 9.17) is 16.3 Å². The van der Waals surface area contributed by atoms with E-state index in [0.29, 0.717) is 17.9 Å². The molecule has 1 aromatic carbocycles. The van der Waals surface area contributed by atoms with Gasteiger partial charge in [0.15, 0.2) is 0 Å². The monoisotopic (exact) mass is 349 g/mol. The van der Waals surface area contributed by atoms with Gasteiger partial charge < -0.3 is 9.84 Å². The van der Waals surface area contributed by atoms with Crippen LogP contribution in [0.15, 0.2) is 36.4 Å². The predicted octanol–water partition coefficient (Wildman–Crippen LogP) is 2.17. The molecule has 1 saturated heterocycles. The fourth-order valence-electron chi connectivity index (χ4n) is 3.23. The van der Waals surface area contributed by atoms with Crippen molar-refractivity contribution < 1.29 is 19.4 Å². The number of fused-ring (bicyclic) bond motifs is 1. The molecule has 5 nitrogen and oxygen atoms in total. The first-order valence-corrected chi connectivity index (χ1v) is 8.45. The van der Waals surface area contributed by atoms with Crippen molar-refractivity contribution >= 4 is 23.4 Å². The number of benzene rings is 1. The van der Waals surface area contributed by atoms with Crippen LogP contribution in [0.1, 0.15) is 18.4 Å². The molecule has 3 atom stereocenters. The number of likely N-dealkylation sites (tertiary alicyclic amines) is 1. The van der Waals surface area contributed by atoms with Gasteiger partial charge in [-0.05, 0) is 24.5 Å². The topological polar surface area (TPSA) is 66.8 Å². The standard InChI is InChI=1S/C18H20ClNO4/c19-16-8-4-1-5-12(16)10-24-11-13(21)9-20-17(22)14-6-2-3-7-15(14)18(20)23/h1-5,8,13-15,21H,6-7,9-11H2/t13-,14-,15-/m0/s1. The van der Waals surface area contributed by atoms with Crippen LogP contribution in [0.3, 0.4) is 0 Å². The molecule has 0 saturated carbocycles. The van der Waals surface area contributed by atoms with Crippen molar-refractivity contribution in [1.82, 2.24) is 4.90 Å². The number of hydrogen-bond acceptors (Lipinski definition) is 4. The zero-order chi connectivity index (χ0) is 17.1. The van der Waals surface area contributed by atoms with Gasteiger partial charge in [-0.2, -0.15) is 0 Å². The van der Waals surface area contributed by atoms with Gasteiger partial charge in [-0.1, -0.05) is 42.0 Å². The maximum absolute atomic E-state index is 12.3. The molecule has 0 spiro atoms. The van der Waals surface area contributed by atoms with Gasteiger partial charge in [-0.25, -0.2) is 0 Å². The Hall–Kier alpha value is -1.69. The van der Waals surface area contributed by atoms with Crippen LogP contribution in [0.25, 0.3) is 0 Å². The van der Waals surface area contributed by atoms with E-state index in [0.717, 1.165) is 5.56 Å². The summed E-state index contributed by atoms with van der Waals surface area (Å²) in [7, 11) is 0. The number of aliphatic hydroxyl groups is 1. The molecular formula is C18H20ClNO4. The second-order valence-electron chi connectivity index (χ2n) is 6.20. The highest BCUT2D eigenvalue weighted by atomic mass is 35.5. The molecule has 6 heteroatoms. The number of aliphatic hydroxyl groups excluding tert-OH is 1. The Labute approximate surface area is 145 Å². The Bertz CT molecular complexity index is 634. The lowest BCUT2D eigenvalue weighted by atomic mass is 9.85. The fraction of sp³-hybridized carbons (Fsp3) is 0.444. The van der Waals surface area contributed by atoms with E-state index in [2.05, 4.69) is 0 Å². The molecule has 3 rings (SSSR count). The molecule has 2 aliphatic rings. The Kier molecular flexibility index (Phi) is 5.33. The molecular weight excluding hydrogens is 330 g/mol. The predicted molar refractivity (Wildman–Crippen MR) is 89.2 cm³/mol. The normalized spacial score (nSPS) is 24.3. The van der Waals surface area contributed by atoms with Crippen LogP contribution in [0, 0.1) is 11.8 Å². The molecule has 0 bridgehead atoms. The fourth-order valence-corrected chi connectivity index (χ4v) is 3.42. The highest BCUT2D eigenvalue weighted by Crippen LogP contribution is 2.35. The lowest BCUT2D eigenvalue weighted by Crippen LogP contribution is -2.39. The van der Waals surface area contributed by atoms with Crippen molar-refractivity contribution in [1.29, 1.82) is 0 Å². The number of halogens is 1. The Balaban J connectivity index is 1.50. The summed E-state index contributed by atoms with van der Waals surface area (Å²) >= 11 is 6.04. The number of nitrogens with zero attached hydrogens (tertiary/aromatic N) is 1. The van der Waals surface area contributed by atoms with Gasteiger partial charge in [0.1, 0.15) is 0 Å². The van der Waals surface area contributed by atoms with E-state index in [1.807, 2.05) is 30.4 Å². The molecule has 128 valence electrons. The first kappa shape index (κ1) is 17.1. The number of ether oxygens (including phenoxy) is 1. The molecule has 0 aromatic heterocycles. The first-order chi connectivity index (χ1) is 11.6. The van der Waals surface area contributed by atoms with E-state index in [1.165, 1.54) is 4.90 Å². The molecule has 1 heterocycles. The molecule has 24 heavy (non-hydrogen) atoms. The van der Waals surface area contributed by atoms with E-state index in [-0.39, 0.29) is 43.4 Å². The van der Waals surface area contributed by atoms with E-state index in [1.54, 1.807) is 6.07 Å². The van der Waals surface area contributed by atoms with Gasteiger partial charge in [-0.15, -0.1) is 0 Å². The van der Waals surface area contributed by atoms with E-state index < -0.39 is 6.10 Å². The average Bonchev–Trinajstić information content (AvgIpc) is 2.82. The summed E-state index contributed by atoms with van der Waals surface area (Å²) < 4.78 is 5.47. The van der Waals surface area contributed by atoms with Gasteiger partial charge in [0.25, 0.3) is 0 Å². The molecule has 1 N–H and O–H groups in total. The van der Waals surface area contributed by atoms with E-state index >= 15 is 0 Å². The summed E-state index contributed by atoms with van der Waals surface area (Å²) in [5.74, 6) is -0.892. The summed E-state index contributed by atoms with van der Waals surface area (Å²) in [6, 6.07) is 7.31. The van der Waals surface area contributed by atoms with Crippen LogP contribution < -0.4 is 0 Å². The largest absolute Gasteiger partial charge is 0.389 e. The third kappa shape index (κ3) is 3.53. The van der Waals surface area contributed by atoms with Crippen LogP contribution in [-0.2, 0) is 20.9 Å². The number of carbonyl (C=O) groups is 2. The van der Waals surface area contributed by atoms with Gasteiger partial charge in [0, 0.05) is 5.02 Å². The van der Waals surface area contributed by atoms with Crippen LogP contribution in [0.2, 0.25) is 5.02 Å².